The fourth-order valence-electron chi connectivity index (χ4n) is 0.848. The molecule has 0 amide bonds. The molecular weight excluding hydrogens is 204 g/mol. The standard InChI is InChI=1S/C9H10O2S2/c10-9(11)6-13-5-7-1-3-8(12)4-2-7/h1-4,12H,5-6H2,(H,10,11). The van der Waals surface area contributed by atoms with Crippen LogP contribution in [0.15, 0.2) is 29.2 Å². The van der Waals surface area contributed by atoms with Crippen molar-refractivity contribution >= 4 is 30.4 Å². The number of thiol groups is 1. The largest absolute Gasteiger partial charge is 0.481 e. The minimum Gasteiger partial charge on any atom is -0.481 e. The third kappa shape index (κ3) is 4.24. The number of benzene rings is 1. The van der Waals surface area contributed by atoms with E-state index in [4.69, 9.17) is 5.11 Å². The van der Waals surface area contributed by atoms with E-state index < -0.39 is 5.97 Å². The van der Waals surface area contributed by atoms with Gasteiger partial charge in [-0.3, -0.25) is 4.79 Å². The Morgan fingerprint density at radius 2 is 2.00 bits per heavy atom. The Morgan fingerprint density at radius 1 is 1.38 bits per heavy atom. The van der Waals surface area contributed by atoms with Crippen molar-refractivity contribution in [3.8, 4) is 0 Å². The number of carboxylic acids is 1. The molecule has 0 unspecified atom stereocenters. The van der Waals surface area contributed by atoms with Gasteiger partial charge in [-0.25, -0.2) is 0 Å². The summed E-state index contributed by atoms with van der Waals surface area (Å²) in [6.45, 7) is 0. The average Bonchev–Trinajstić information content (AvgIpc) is 2.08. The third-order valence-corrected chi connectivity index (χ3v) is 2.72. The van der Waals surface area contributed by atoms with Gasteiger partial charge in [-0.1, -0.05) is 12.1 Å². The Hall–Kier alpha value is -0.610. The summed E-state index contributed by atoms with van der Waals surface area (Å²) < 4.78 is 0. The minimum absolute atomic E-state index is 0.155. The van der Waals surface area contributed by atoms with E-state index in [-0.39, 0.29) is 5.75 Å². The lowest BCUT2D eigenvalue weighted by molar-refractivity contribution is -0.133. The van der Waals surface area contributed by atoms with E-state index in [0.717, 1.165) is 16.2 Å². The molecule has 2 nitrogen and oxygen atoms in total. The molecule has 0 atom stereocenters. The molecule has 0 saturated heterocycles. The van der Waals surface area contributed by atoms with Gasteiger partial charge in [-0.2, -0.15) is 0 Å². The lowest BCUT2D eigenvalue weighted by Gasteiger charge is -1.99. The van der Waals surface area contributed by atoms with Crippen LogP contribution >= 0.6 is 24.4 Å². The van der Waals surface area contributed by atoms with Crippen LogP contribution in [-0.4, -0.2) is 16.8 Å². The molecule has 0 bridgehead atoms. The molecule has 0 saturated carbocycles. The Bertz CT molecular complexity index is 282. The molecule has 4 heteroatoms. The van der Waals surface area contributed by atoms with E-state index in [0.29, 0.717) is 0 Å². The number of aliphatic carboxylic acids is 1. The second kappa shape index (κ2) is 5.19. The molecule has 0 fully saturated rings. The summed E-state index contributed by atoms with van der Waals surface area (Å²) in [6.07, 6.45) is 0. The molecule has 0 spiro atoms. The maximum absolute atomic E-state index is 10.2. The van der Waals surface area contributed by atoms with Crippen molar-refractivity contribution in [2.45, 2.75) is 10.6 Å². The summed E-state index contributed by atoms with van der Waals surface area (Å²) in [5, 5.41) is 8.40. The van der Waals surface area contributed by atoms with Gasteiger partial charge < -0.3 is 5.11 Å². The van der Waals surface area contributed by atoms with Crippen molar-refractivity contribution < 1.29 is 9.90 Å². The van der Waals surface area contributed by atoms with E-state index in [1.165, 1.54) is 11.8 Å². The monoisotopic (exact) mass is 214 g/mol. The van der Waals surface area contributed by atoms with Crippen LogP contribution < -0.4 is 0 Å². The molecule has 0 aliphatic heterocycles. The van der Waals surface area contributed by atoms with Crippen molar-refractivity contribution in [3.05, 3.63) is 29.8 Å². The molecule has 70 valence electrons. The van der Waals surface area contributed by atoms with Gasteiger partial charge in [-0.05, 0) is 17.7 Å². The Morgan fingerprint density at radius 3 is 2.54 bits per heavy atom. The highest BCUT2D eigenvalue weighted by Crippen LogP contribution is 2.14. The summed E-state index contributed by atoms with van der Waals surface area (Å²) in [5.74, 6) is 0.124. The highest BCUT2D eigenvalue weighted by molar-refractivity contribution is 7.99. The van der Waals surface area contributed by atoms with Crippen molar-refractivity contribution in [1.29, 1.82) is 0 Å². The number of hydrogen-bond acceptors (Lipinski definition) is 3. The molecule has 1 rings (SSSR count). The zero-order valence-electron chi connectivity index (χ0n) is 6.93. The number of hydrogen-bond donors (Lipinski definition) is 2. The van der Waals surface area contributed by atoms with E-state index in [2.05, 4.69) is 12.6 Å². The maximum atomic E-state index is 10.2. The highest BCUT2D eigenvalue weighted by atomic mass is 32.2. The van der Waals surface area contributed by atoms with Gasteiger partial charge in [0.1, 0.15) is 0 Å². The normalized spacial score (nSPS) is 9.92. The summed E-state index contributed by atoms with van der Waals surface area (Å²) in [5.41, 5.74) is 1.13. The third-order valence-electron chi connectivity index (χ3n) is 1.43. The lowest BCUT2D eigenvalue weighted by Crippen LogP contribution is -1.97. The van der Waals surface area contributed by atoms with Crippen LogP contribution in [0.1, 0.15) is 5.56 Å². The predicted molar refractivity (Wildman–Crippen MR) is 57.5 cm³/mol. The van der Waals surface area contributed by atoms with Gasteiger partial charge in [0.15, 0.2) is 0 Å². The smallest absolute Gasteiger partial charge is 0.313 e. The molecule has 1 aromatic rings. The second-order valence-electron chi connectivity index (χ2n) is 2.55. The van der Waals surface area contributed by atoms with Crippen LogP contribution in [0, 0.1) is 0 Å². The van der Waals surface area contributed by atoms with E-state index in [9.17, 15) is 4.79 Å². The van der Waals surface area contributed by atoms with E-state index in [1.807, 2.05) is 24.3 Å². The quantitative estimate of drug-likeness (QED) is 0.755. The molecule has 0 aliphatic rings. The van der Waals surface area contributed by atoms with Gasteiger partial charge in [0.05, 0.1) is 5.75 Å². The van der Waals surface area contributed by atoms with Crippen molar-refractivity contribution in [1.82, 2.24) is 0 Å². The number of carboxylic acid groups (broad SMARTS) is 1. The minimum atomic E-state index is -0.768. The first-order chi connectivity index (χ1) is 6.18. The maximum Gasteiger partial charge on any atom is 0.313 e. The molecule has 1 N–H and O–H groups in total. The fourth-order valence-corrected chi connectivity index (χ4v) is 1.70. The second-order valence-corrected chi connectivity index (χ2v) is 4.05. The van der Waals surface area contributed by atoms with Gasteiger partial charge >= 0.3 is 5.97 Å². The van der Waals surface area contributed by atoms with Gasteiger partial charge in [-0.15, -0.1) is 24.4 Å². The molecule has 13 heavy (non-hydrogen) atoms. The summed E-state index contributed by atoms with van der Waals surface area (Å²) in [6, 6.07) is 7.72. The molecule has 0 radical (unpaired) electrons. The van der Waals surface area contributed by atoms with Crippen LogP contribution in [0.3, 0.4) is 0 Å². The van der Waals surface area contributed by atoms with Crippen LogP contribution in [0.4, 0.5) is 0 Å². The number of rotatable bonds is 4. The summed E-state index contributed by atoms with van der Waals surface area (Å²) in [7, 11) is 0. The Kier molecular flexibility index (Phi) is 4.18. The van der Waals surface area contributed by atoms with Gasteiger partial charge in [0.25, 0.3) is 0 Å². The first kappa shape index (κ1) is 10.5. The van der Waals surface area contributed by atoms with Crippen LogP contribution in [0.25, 0.3) is 0 Å². The molecule has 0 heterocycles. The van der Waals surface area contributed by atoms with Crippen molar-refractivity contribution in [2.24, 2.45) is 0 Å². The first-order valence-electron chi connectivity index (χ1n) is 3.76. The van der Waals surface area contributed by atoms with Crippen LogP contribution in [0.5, 0.6) is 0 Å². The van der Waals surface area contributed by atoms with E-state index >= 15 is 0 Å². The Labute approximate surface area is 86.8 Å². The summed E-state index contributed by atoms with van der Waals surface area (Å²) in [4.78, 5) is 11.1. The zero-order chi connectivity index (χ0) is 9.68. The van der Waals surface area contributed by atoms with Crippen molar-refractivity contribution in [3.63, 3.8) is 0 Å². The SMILES string of the molecule is O=C(O)CSCc1ccc(S)cc1. The highest BCUT2D eigenvalue weighted by Gasteiger charge is 1.97. The van der Waals surface area contributed by atoms with Crippen LogP contribution in [-0.2, 0) is 10.5 Å². The predicted octanol–water partition coefficient (Wildman–Crippen LogP) is 2.29. The average molecular weight is 214 g/mol. The zero-order valence-corrected chi connectivity index (χ0v) is 8.65. The van der Waals surface area contributed by atoms with Crippen molar-refractivity contribution in [2.75, 3.05) is 5.75 Å². The topological polar surface area (TPSA) is 37.3 Å². The number of carbonyl (C=O) groups is 1. The lowest BCUT2D eigenvalue weighted by atomic mass is 10.2. The summed E-state index contributed by atoms with van der Waals surface area (Å²) >= 11 is 5.55. The molecule has 0 aromatic heterocycles. The van der Waals surface area contributed by atoms with E-state index in [1.54, 1.807) is 0 Å². The molecule has 0 aliphatic carbocycles. The molecular formula is C9H10O2S2. The first-order valence-corrected chi connectivity index (χ1v) is 5.36. The fraction of sp³-hybridized carbons (Fsp3) is 0.222. The number of thioether (sulfide) groups is 1. The van der Waals surface area contributed by atoms with Gasteiger partial charge in [0.2, 0.25) is 0 Å². The Balaban J connectivity index is 2.37. The molecule has 1 aromatic carbocycles. The van der Waals surface area contributed by atoms with Gasteiger partial charge in [0, 0.05) is 10.6 Å². The van der Waals surface area contributed by atoms with Crippen LogP contribution in [0.2, 0.25) is 0 Å².